The number of aromatic nitrogens is 1. The number of hydrogen-bond donors (Lipinski definition) is 2. The minimum atomic E-state index is -0.593. The van der Waals surface area contributed by atoms with Crippen molar-refractivity contribution in [2.24, 2.45) is 5.16 Å². The molecule has 3 aliphatic rings. The highest BCUT2D eigenvalue weighted by molar-refractivity contribution is 6.39. The van der Waals surface area contributed by atoms with Crippen molar-refractivity contribution in [2.45, 2.75) is 37.4 Å². The van der Waals surface area contributed by atoms with E-state index < -0.39 is 5.60 Å². The summed E-state index contributed by atoms with van der Waals surface area (Å²) >= 11 is 0. The van der Waals surface area contributed by atoms with Gasteiger partial charge in [0.1, 0.15) is 5.71 Å². The number of nitrogens with one attached hydrogen (secondary N) is 2. The van der Waals surface area contributed by atoms with Gasteiger partial charge in [0.25, 0.3) is 11.8 Å². The van der Waals surface area contributed by atoms with Gasteiger partial charge < -0.3 is 24.8 Å². The number of aromatic amines is 1. The van der Waals surface area contributed by atoms with Gasteiger partial charge in [0.15, 0.2) is 5.60 Å². The Bertz CT molecular complexity index is 978. The Morgan fingerprint density at radius 3 is 3.14 bits per heavy atom. The molecule has 8 nitrogen and oxygen atoms in total. The van der Waals surface area contributed by atoms with Gasteiger partial charge >= 0.3 is 0 Å². The maximum absolute atomic E-state index is 12.9. The zero-order valence-electron chi connectivity index (χ0n) is 16.1. The first kappa shape index (κ1) is 18.2. The summed E-state index contributed by atoms with van der Waals surface area (Å²) in [5.74, 6) is -0.232. The van der Waals surface area contributed by atoms with Crippen LogP contribution >= 0.6 is 0 Å². The van der Waals surface area contributed by atoms with E-state index in [1.165, 1.54) is 0 Å². The molecule has 2 fully saturated rings. The Hall–Kier alpha value is -2.87. The summed E-state index contributed by atoms with van der Waals surface area (Å²) in [6, 6.07) is 7.60. The van der Waals surface area contributed by atoms with Crippen LogP contribution in [0.1, 0.15) is 36.0 Å². The molecule has 0 aliphatic carbocycles. The van der Waals surface area contributed by atoms with Crippen molar-refractivity contribution >= 4 is 28.4 Å². The number of H-pyrrole nitrogens is 1. The molecule has 4 heterocycles. The van der Waals surface area contributed by atoms with Gasteiger partial charge in [-0.2, -0.15) is 0 Å². The van der Waals surface area contributed by atoms with Crippen molar-refractivity contribution in [3.05, 3.63) is 36.0 Å². The van der Waals surface area contributed by atoms with E-state index in [1.54, 1.807) is 4.90 Å². The summed E-state index contributed by atoms with van der Waals surface area (Å²) < 4.78 is 5.53. The van der Waals surface area contributed by atoms with Crippen molar-refractivity contribution in [1.29, 1.82) is 0 Å². The number of benzene rings is 1. The molecule has 2 aromatic rings. The average molecular weight is 396 g/mol. The monoisotopic (exact) mass is 396 g/mol. The van der Waals surface area contributed by atoms with Crippen molar-refractivity contribution in [3.8, 4) is 0 Å². The van der Waals surface area contributed by atoms with Gasteiger partial charge in [-0.3, -0.25) is 9.59 Å². The van der Waals surface area contributed by atoms with E-state index in [0.29, 0.717) is 43.8 Å². The number of oxime groups is 1. The standard InChI is InChI=1S/C21H24N4O4/c26-19(23-12-16-2-1-9-28-16)18-11-21(29-24-18)6-8-25(13-21)20(27)15-3-4-17-14(10-15)5-7-22-17/h3-5,7,10,16,22H,1-2,6,8-9,11-13H2,(H,23,26)/t16-,21+/m1/s1. The summed E-state index contributed by atoms with van der Waals surface area (Å²) in [7, 11) is 0. The van der Waals surface area contributed by atoms with Crippen LogP contribution in [-0.2, 0) is 14.4 Å². The summed E-state index contributed by atoms with van der Waals surface area (Å²) in [5, 5.41) is 7.94. The molecule has 5 rings (SSSR count). The topological polar surface area (TPSA) is 96.0 Å². The van der Waals surface area contributed by atoms with E-state index in [4.69, 9.17) is 9.57 Å². The van der Waals surface area contributed by atoms with Crippen LogP contribution in [0.5, 0.6) is 0 Å². The van der Waals surface area contributed by atoms with Gasteiger partial charge in [-0.25, -0.2) is 0 Å². The maximum atomic E-state index is 12.9. The van der Waals surface area contributed by atoms with Crippen LogP contribution in [-0.4, -0.2) is 65.4 Å². The van der Waals surface area contributed by atoms with E-state index >= 15 is 0 Å². The normalized spacial score (nSPS) is 26.1. The van der Waals surface area contributed by atoms with Gasteiger partial charge in [-0.15, -0.1) is 0 Å². The van der Waals surface area contributed by atoms with E-state index in [9.17, 15) is 9.59 Å². The Labute approximate surface area is 168 Å². The first-order valence-corrected chi connectivity index (χ1v) is 10.1. The van der Waals surface area contributed by atoms with Crippen LogP contribution < -0.4 is 5.32 Å². The number of ether oxygens (including phenoxy) is 1. The summed E-state index contributed by atoms with van der Waals surface area (Å²) in [6.07, 6.45) is 5.04. The summed E-state index contributed by atoms with van der Waals surface area (Å²) in [5.41, 5.74) is 1.46. The minimum absolute atomic E-state index is 0.0233. The molecule has 152 valence electrons. The maximum Gasteiger partial charge on any atom is 0.269 e. The van der Waals surface area contributed by atoms with Crippen LogP contribution in [0.4, 0.5) is 0 Å². The number of fused-ring (bicyclic) bond motifs is 1. The van der Waals surface area contributed by atoms with Crippen LogP contribution in [0, 0.1) is 0 Å². The van der Waals surface area contributed by atoms with E-state index in [0.717, 1.165) is 30.4 Å². The zero-order chi connectivity index (χ0) is 19.8. The molecular formula is C21H24N4O4. The molecule has 2 N–H and O–H groups in total. The van der Waals surface area contributed by atoms with Gasteiger partial charge in [-0.05, 0) is 37.1 Å². The Morgan fingerprint density at radius 2 is 2.28 bits per heavy atom. The SMILES string of the molecule is O=C(NC[C@H]1CCCO1)C1=NO[C@@]2(CCN(C(=O)c3ccc4[nH]ccc4c3)C2)C1. The predicted octanol–water partition coefficient (Wildman–Crippen LogP) is 1.82. The number of carbonyl (C=O) groups excluding carboxylic acids is 2. The van der Waals surface area contributed by atoms with Crippen molar-refractivity contribution in [1.82, 2.24) is 15.2 Å². The molecule has 0 radical (unpaired) electrons. The molecule has 2 saturated heterocycles. The predicted molar refractivity (Wildman–Crippen MR) is 107 cm³/mol. The summed E-state index contributed by atoms with van der Waals surface area (Å²) in [4.78, 5) is 36.0. The number of nitrogens with zero attached hydrogens (tertiary/aromatic N) is 2. The van der Waals surface area contributed by atoms with Crippen LogP contribution in [0.15, 0.2) is 35.6 Å². The molecule has 1 aromatic heterocycles. The van der Waals surface area contributed by atoms with E-state index in [2.05, 4.69) is 15.5 Å². The molecule has 29 heavy (non-hydrogen) atoms. The second-order valence-electron chi connectivity index (χ2n) is 8.09. The van der Waals surface area contributed by atoms with Crippen LogP contribution in [0.25, 0.3) is 10.9 Å². The van der Waals surface area contributed by atoms with Crippen molar-refractivity contribution < 1.29 is 19.2 Å². The van der Waals surface area contributed by atoms with Gasteiger partial charge in [0, 0.05) is 55.2 Å². The summed E-state index contributed by atoms with van der Waals surface area (Å²) in [6.45, 7) is 2.28. The molecule has 0 bridgehead atoms. The van der Waals surface area contributed by atoms with E-state index in [-0.39, 0.29) is 17.9 Å². The van der Waals surface area contributed by atoms with Crippen LogP contribution in [0.2, 0.25) is 0 Å². The van der Waals surface area contributed by atoms with Crippen molar-refractivity contribution in [3.63, 3.8) is 0 Å². The molecule has 0 unspecified atom stereocenters. The molecule has 1 spiro atoms. The van der Waals surface area contributed by atoms with Crippen molar-refractivity contribution in [2.75, 3.05) is 26.2 Å². The van der Waals surface area contributed by atoms with Gasteiger partial charge in [0.05, 0.1) is 12.6 Å². The second kappa shape index (κ2) is 7.18. The molecule has 1 aromatic carbocycles. The fourth-order valence-electron chi connectivity index (χ4n) is 4.36. The number of hydrogen-bond acceptors (Lipinski definition) is 5. The Kier molecular flexibility index (Phi) is 4.50. The lowest BCUT2D eigenvalue weighted by molar-refractivity contribution is -0.115. The highest BCUT2D eigenvalue weighted by Gasteiger charge is 2.48. The fourth-order valence-corrected chi connectivity index (χ4v) is 4.36. The van der Waals surface area contributed by atoms with Gasteiger partial charge in [-0.1, -0.05) is 5.16 Å². The molecule has 2 amide bonds. The first-order valence-electron chi connectivity index (χ1n) is 10.1. The Morgan fingerprint density at radius 1 is 1.34 bits per heavy atom. The highest BCUT2D eigenvalue weighted by atomic mass is 16.7. The lowest BCUT2D eigenvalue weighted by Gasteiger charge is -2.21. The number of rotatable bonds is 4. The molecule has 8 heteroatoms. The quantitative estimate of drug-likeness (QED) is 0.824. The number of carbonyl (C=O) groups is 2. The third-order valence-electron chi connectivity index (χ3n) is 6.02. The Balaban J connectivity index is 1.19. The van der Waals surface area contributed by atoms with E-state index in [1.807, 2.05) is 30.5 Å². The van der Waals surface area contributed by atoms with Crippen LogP contribution in [0.3, 0.4) is 0 Å². The lowest BCUT2D eigenvalue weighted by Crippen LogP contribution is -2.40. The third-order valence-corrected chi connectivity index (χ3v) is 6.02. The number of likely N-dealkylation sites (tertiary alicyclic amines) is 1. The number of amides is 2. The largest absolute Gasteiger partial charge is 0.386 e. The van der Waals surface area contributed by atoms with Gasteiger partial charge in [0.2, 0.25) is 0 Å². The fraction of sp³-hybridized carbons (Fsp3) is 0.476. The smallest absolute Gasteiger partial charge is 0.269 e. The molecular weight excluding hydrogens is 372 g/mol. The zero-order valence-corrected chi connectivity index (χ0v) is 16.1. The molecule has 2 atom stereocenters. The minimum Gasteiger partial charge on any atom is -0.386 e. The lowest BCUT2D eigenvalue weighted by atomic mass is 9.96. The highest BCUT2D eigenvalue weighted by Crippen LogP contribution is 2.34. The molecule has 0 saturated carbocycles. The first-order chi connectivity index (χ1) is 14.1. The molecule has 3 aliphatic heterocycles. The third kappa shape index (κ3) is 3.48. The average Bonchev–Trinajstić information content (AvgIpc) is 3.53. The second-order valence-corrected chi connectivity index (χ2v) is 8.09.